The van der Waals surface area contributed by atoms with Gasteiger partial charge in [-0.05, 0) is 76.4 Å². The zero-order valence-corrected chi connectivity index (χ0v) is 19.0. The van der Waals surface area contributed by atoms with E-state index in [1.54, 1.807) is 7.11 Å². The molecule has 0 unspecified atom stereocenters. The summed E-state index contributed by atoms with van der Waals surface area (Å²) in [4.78, 5) is 12.0. The molecular weight excluding hydrogens is 392 g/mol. The minimum absolute atomic E-state index is 0.134. The maximum atomic E-state index is 12.0. The lowest BCUT2D eigenvalue weighted by Gasteiger charge is -2.42. The van der Waals surface area contributed by atoms with Gasteiger partial charge in [-0.2, -0.15) is 0 Å². The molecule has 156 valence electrons. The third-order valence-corrected chi connectivity index (χ3v) is 6.62. The molecule has 4 rings (SSSR count). The van der Waals surface area contributed by atoms with Crippen LogP contribution >= 0.6 is 12.2 Å². The standard InChI is InChI=1S/C25H28N2O2S/c1-24(2)10-11-25(3,4)19-14-16(7-8-18(19)24)17-12-15(6-9-21(17)29-5)13-20-22(28)27-23(30)26-20/h6-9,12-14H,10-11H2,1-5H3,(H2,26,27,28,30). The molecule has 30 heavy (non-hydrogen) atoms. The van der Waals surface area contributed by atoms with Crippen LogP contribution in [0.25, 0.3) is 17.2 Å². The van der Waals surface area contributed by atoms with Crippen LogP contribution in [0.4, 0.5) is 0 Å². The Labute approximate surface area is 183 Å². The molecule has 2 N–H and O–H groups in total. The Morgan fingerprint density at radius 3 is 2.30 bits per heavy atom. The number of hydrogen-bond donors (Lipinski definition) is 2. The fraction of sp³-hybridized carbons (Fsp3) is 0.360. The fourth-order valence-electron chi connectivity index (χ4n) is 4.45. The molecule has 5 heteroatoms. The first-order chi connectivity index (χ1) is 14.1. The highest BCUT2D eigenvalue weighted by Gasteiger charge is 2.37. The smallest absolute Gasteiger partial charge is 0.273 e. The van der Waals surface area contributed by atoms with Gasteiger partial charge in [0.05, 0.1) is 7.11 Å². The van der Waals surface area contributed by atoms with Crippen LogP contribution in [0.15, 0.2) is 42.1 Å². The second-order valence-corrected chi connectivity index (χ2v) is 9.86. The van der Waals surface area contributed by atoms with Crippen molar-refractivity contribution in [3.63, 3.8) is 0 Å². The number of carbonyl (C=O) groups is 1. The first-order valence-electron chi connectivity index (χ1n) is 10.3. The van der Waals surface area contributed by atoms with E-state index in [1.165, 1.54) is 24.0 Å². The SMILES string of the molecule is COc1ccc(C=C2NC(=S)NC2=O)cc1-c1ccc2c(c1)C(C)(C)CCC2(C)C. The minimum atomic E-state index is -0.213. The summed E-state index contributed by atoms with van der Waals surface area (Å²) in [6.45, 7) is 9.32. The molecule has 2 aromatic rings. The Kier molecular flexibility index (Phi) is 4.97. The summed E-state index contributed by atoms with van der Waals surface area (Å²) in [6.07, 6.45) is 4.17. The molecule has 1 heterocycles. The van der Waals surface area contributed by atoms with Gasteiger partial charge in [0.1, 0.15) is 11.4 Å². The number of hydrogen-bond acceptors (Lipinski definition) is 3. The van der Waals surface area contributed by atoms with Crippen LogP contribution in [-0.2, 0) is 15.6 Å². The molecule has 1 amide bonds. The largest absolute Gasteiger partial charge is 0.496 e. The molecule has 0 aromatic heterocycles. The Morgan fingerprint density at radius 2 is 1.67 bits per heavy atom. The van der Waals surface area contributed by atoms with E-state index in [9.17, 15) is 4.79 Å². The molecule has 0 saturated carbocycles. The lowest BCUT2D eigenvalue weighted by atomic mass is 9.63. The van der Waals surface area contributed by atoms with Crippen molar-refractivity contribution in [1.82, 2.24) is 10.6 Å². The summed E-state index contributed by atoms with van der Waals surface area (Å²) in [7, 11) is 1.69. The molecule has 0 radical (unpaired) electrons. The third kappa shape index (κ3) is 3.63. The van der Waals surface area contributed by atoms with Crippen molar-refractivity contribution in [3.8, 4) is 16.9 Å². The number of methoxy groups -OCH3 is 1. The second-order valence-electron chi connectivity index (χ2n) is 9.45. The first kappa shape index (κ1) is 20.6. The number of thiocarbonyl (C=S) groups is 1. The second kappa shape index (κ2) is 7.24. The van der Waals surface area contributed by atoms with Gasteiger partial charge in [-0.25, -0.2) is 0 Å². The molecule has 0 spiro atoms. The molecule has 0 bridgehead atoms. The molecule has 1 aliphatic heterocycles. The number of amides is 1. The highest BCUT2D eigenvalue weighted by molar-refractivity contribution is 7.80. The van der Waals surface area contributed by atoms with Crippen LogP contribution in [0.1, 0.15) is 57.2 Å². The number of carbonyl (C=O) groups excluding carboxylic acids is 1. The maximum Gasteiger partial charge on any atom is 0.273 e. The van der Waals surface area contributed by atoms with Crippen LogP contribution in [0.5, 0.6) is 5.75 Å². The van der Waals surface area contributed by atoms with Gasteiger partial charge in [0.25, 0.3) is 5.91 Å². The third-order valence-electron chi connectivity index (χ3n) is 6.42. The molecule has 4 nitrogen and oxygen atoms in total. The van der Waals surface area contributed by atoms with Crippen molar-refractivity contribution in [2.24, 2.45) is 0 Å². The van der Waals surface area contributed by atoms with Crippen LogP contribution in [0, 0.1) is 0 Å². The van der Waals surface area contributed by atoms with E-state index >= 15 is 0 Å². The van der Waals surface area contributed by atoms with E-state index in [-0.39, 0.29) is 16.7 Å². The average Bonchev–Trinajstić information content (AvgIpc) is 3.02. The summed E-state index contributed by atoms with van der Waals surface area (Å²) in [5.74, 6) is 0.597. The van der Waals surface area contributed by atoms with E-state index in [2.05, 4.69) is 62.6 Å². The lowest BCUT2D eigenvalue weighted by Crippen LogP contribution is -2.33. The van der Waals surface area contributed by atoms with Gasteiger partial charge in [0.2, 0.25) is 0 Å². The zero-order valence-electron chi connectivity index (χ0n) is 18.2. The monoisotopic (exact) mass is 420 g/mol. The zero-order chi connectivity index (χ0) is 21.7. The summed E-state index contributed by atoms with van der Waals surface area (Å²) in [5, 5.41) is 5.83. The Hall–Kier alpha value is -2.66. The summed E-state index contributed by atoms with van der Waals surface area (Å²) >= 11 is 5.02. The van der Waals surface area contributed by atoms with Gasteiger partial charge in [-0.1, -0.05) is 52.0 Å². The van der Waals surface area contributed by atoms with Gasteiger partial charge < -0.3 is 10.1 Å². The van der Waals surface area contributed by atoms with Gasteiger partial charge in [0.15, 0.2) is 5.11 Å². The lowest BCUT2D eigenvalue weighted by molar-refractivity contribution is -0.115. The van der Waals surface area contributed by atoms with Gasteiger partial charge >= 0.3 is 0 Å². The Balaban J connectivity index is 1.82. The number of nitrogens with one attached hydrogen (secondary N) is 2. The van der Waals surface area contributed by atoms with Crippen LogP contribution in [0.3, 0.4) is 0 Å². The number of benzene rings is 2. The highest BCUT2D eigenvalue weighted by Crippen LogP contribution is 2.47. The van der Waals surface area contributed by atoms with Crippen LogP contribution < -0.4 is 15.4 Å². The number of ether oxygens (including phenoxy) is 1. The van der Waals surface area contributed by atoms with E-state index in [1.807, 2.05) is 18.2 Å². The van der Waals surface area contributed by atoms with Crippen molar-refractivity contribution >= 4 is 29.3 Å². The molecule has 1 aliphatic carbocycles. The predicted molar refractivity (Wildman–Crippen MR) is 126 cm³/mol. The van der Waals surface area contributed by atoms with E-state index in [4.69, 9.17) is 17.0 Å². The number of rotatable bonds is 3. The highest BCUT2D eigenvalue weighted by atomic mass is 32.1. The average molecular weight is 421 g/mol. The van der Waals surface area contributed by atoms with Crippen molar-refractivity contribution < 1.29 is 9.53 Å². The quantitative estimate of drug-likeness (QED) is 0.539. The molecule has 2 aromatic carbocycles. The summed E-state index contributed by atoms with van der Waals surface area (Å²) in [5.41, 5.74) is 6.64. The van der Waals surface area contributed by atoms with Gasteiger partial charge in [-0.3, -0.25) is 10.1 Å². The van der Waals surface area contributed by atoms with Crippen LogP contribution in [0.2, 0.25) is 0 Å². The summed E-state index contributed by atoms with van der Waals surface area (Å²) in [6, 6.07) is 12.7. The van der Waals surface area contributed by atoms with E-state index in [0.717, 1.165) is 22.4 Å². The van der Waals surface area contributed by atoms with E-state index in [0.29, 0.717) is 10.8 Å². The molecular formula is C25H28N2O2S. The Morgan fingerprint density at radius 1 is 0.967 bits per heavy atom. The van der Waals surface area contributed by atoms with Gasteiger partial charge in [-0.15, -0.1) is 0 Å². The van der Waals surface area contributed by atoms with Crippen molar-refractivity contribution in [3.05, 3.63) is 58.8 Å². The fourth-order valence-corrected chi connectivity index (χ4v) is 4.65. The predicted octanol–water partition coefficient (Wildman–Crippen LogP) is 5.06. The minimum Gasteiger partial charge on any atom is -0.496 e. The van der Waals surface area contributed by atoms with Crippen molar-refractivity contribution in [1.29, 1.82) is 0 Å². The molecule has 2 aliphatic rings. The van der Waals surface area contributed by atoms with Crippen LogP contribution in [-0.4, -0.2) is 18.1 Å². The first-order valence-corrected chi connectivity index (χ1v) is 10.7. The Bertz CT molecular complexity index is 1080. The topological polar surface area (TPSA) is 50.4 Å². The molecule has 1 fully saturated rings. The normalized spacial score (nSPS) is 20.5. The van der Waals surface area contributed by atoms with Crippen molar-refractivity contribution in [2.75, 3.05) is 7.11 Å². The maximum absolute atomic E-state index is 12.0. The molecule has 0 atom stereocenters. The van der Waals surface area contributed by atoms with Crippen molar-refractivity contribution in [2.45, 2.75) is 51.4 Å². The number of fused-ring (bicyclic) bond motifs is 1. The van der Waals surface area contributed by atoms with Gasteiger partial charge in [0, 0.05) is 5.56 Å². The summed E-state index contributed by atoms with van der Waals surface area (Å²) < 4.78 is 5.66. The van der Waals surface area contributed by atoms with E-state index < -0.39 is 0 Å². The molecule has 1 saturated heterocycles.